The number of nitrogens with zero attached hydrogens (tertiary/aromatic N) is 6. The molecule has 1 unspecified atom stereocenters. The van der Waals surface area contributed by atoms with Gasteiger partial charge in [-0.2, -0.15) is 10.2 Å². The quantitative estimate of drug-likeness (QED) is 0.358. The van der Waals surface area contributed by atoms with Crippen molar-refractivity contribution in [1.82, 2.24) is 18.7 Å². The van der Waals surface area contributed by atoms with E-state index in [4.69, 9.17) is 15.5 Å². The molecule has 4 aromatic rings. The second-order valence-corrected chi connectivity index (χ2v) is 9.67. The van der Waals surface area contributed by atoms with Crippen LogP contribution in [0.4, 0.5) is 5.95 Å². The number of esters is 1. The minimum atomic E-state index is -0.656. The van der Waals surface area contributed by atoms with Gasteiger partial charge < -0.3 is 19.9 Å². The van der Waals surface area contributed by atoms with Gasteiger partial charge in [0.2, 0.25) is 5.95 Å². The van der Waals surface area contributed by atoms with Gasteiger partial charge in [-0.1, -0.05) is 30.3 Å². The van der Waals surface area contributed by atoms with E-state index in [1.165, 1.54) is 4.57 Å². The summed E-state index contributed by atoms with van der Waals surface area (Å²) in [6.45, 7) is 5.09. The maximum Gasteiger partial charge on any atom is 0.333 e. The molecule has 1 fully saturated rings. The summed E-state index contributed by atoms with van der Waals surface area (Å²) in [4.78, 5) is 47.1. The number of nitriles is 1. The van der Waals surface area contributed by atoms with Gasteiger partial charge in [-0.05, 0) is 49.1 Å². The molecule has 1 atom stereocenters. The molecule has 3 heterocycles. The summed E-state index contributed by atoms with van der Waals surface area (Å²) >= 11 is 0. The first-order valence-electron chi connectivity index (χ1n) is 13.2. The summed E-state index contributed by atoms with van der Waals surface area (Å²) in [5, 5.41) is 11.1. The van der Waals surface area contributed by atoms with Gasteiger partial charge >= 0.3 is 11.7 Å². The zero-order valence-electron chi connectivity index (χ0n) is 22.1. The number of rotatable bonds is 7. The third-order valence-electron chi connectivity index (χ3n) is 7.21. The summed E-state index contributed by atoms with van der Waals surface area (Å²) in [5.74, 6) is -0.0409. The van der Waals surface area contributed by atoms with Crippen LogP contribution in [0.25, 0.3) is 21.9 Å². The lowest BCUT2D eigenvalue weighted by Crippen LogP contribution is -2.44. The van der Waals surface area contributed by atoms with Crippen LogP contribution in [-0.2, 0) is 29.2 Å². The summed E-state index contributed by atoms with van der Waals surface area (Å²) in [7, 11) is 0. The average Bonchev–Trinajstić information content (AvgIpc) is 3.33. The molecular weight excluding hydrogens is 498 g/mol. The third-order valence-corrected chi connectivity index (χ3v) is 7.21. The minimum absolute atomic E-state index is 0.0214. The highest BCUT2D eigenvalue weighted by Gasteiger charge is 2.27. The molecule has 5 rings (SSSR count). The van der Waals surface area contributed by atoms with Gasteiger partial charge in [0.1, 0.15) is 6.54 Å². The molecule has 1 aliphatic rings. The molecule has 202 valence electrons. The van der Waals surface area contributed by atoms with Gasteiger partial charge in [0.25, 0.3) is 5.56 Å². The van der Waals surface area contributed by atoms with Crippen LogP contribution in [0.1, 0.15) is 37.8 Å². The summed E-state index contributed by atoms with van der Waals surface area (Å²) in [6.07, 6.45) is 1.79. The maximum atomic E-state index is 14.0. The van der Waals surface area contributed by atoms with Crippen molar-refractivity contribution in [3.8, 4) is 6.07 Å². The number of fused-ring (bicyclic) bond motifs is 2. The van der Waals surface area contributed by atoms with Gasteiger partial charge in [0, 0.05) is 25.7 Å². The van der Waals surface area contributed by atoms with Crippen LogP contribution in [0.15, 0.2) is 46.0 Å². The molecule has 11 heteroatoms. The fourth-order valence-electron chi connectivity index (χ4n) is 5.40. The number of carbonyl (C=O) groups excluding carboxylic acids is 1. The Hall–Kier alpha value is -4.43. The standard InChI is InChI=1S/C28H31N7O4/c1-3-33-24-25(31-27(33)32-13-7-8-20(30)16-32)34(17-23(36)39-4-2)28(38)35(26(24)37)15-19-12-11-18(14-29)21-9-5-6-10-22(19)21/h5-6,9-12,20H,3-4,7-8,13,15-17,30H2,1-2H3. The Morgan fingerprint density at radius 3 is 2.59 bits per heavy atom. The van der Waals surface area contributed by atoms with E-state index in [2.05, 4.69) is 6.07 Å². The summed E-state index contributed by atoms with van der Waals surface area (Å²) in [5.41, 5.74) is 6.68. The lowest BCUT2D eigenvalue weighted by Gasteiger charge is -2.31. The Kier molecular flexibility index (Phi) is 7.21. The second kappa shape index (κ2) is 10.7. The number of carbonyl (C=O) groups is 1. The lowest BCUT2D eigenvalue weighted by atomic mass is 10.00. The highest BCUT2D eigenvalue weighted by molar-refractivity contribution is 5.90. The molecule has 0 aliphatic carbocycles. The van der Waals surface area contributed by atoms with Crippen molar-refractivity contribution >= 4 is 33.9 Å². The monoisotopic (exact) mass is 529 g/mol. The molecule has 39 heavy (non-hydrogen) atoms. The van der Waals surface area contributed by atoms with Crippen LogP contribution in [0.2, 0.25) is 0 Å². The topological polar surface area (TPSA) is 141 Å². The predicted octanol–water partition coefficient (Wildman–Crippen LogP) is 1.94. The van der Waals surface area contributed by atoms with E-state index in [1.807, 2.05) is 36.1 Å². The maximum absolute atomic E-state index is 14.0. The van der Waals surface area contributed by atoms with E-state index in [0.717, 1.165) is 34.7 Å². The Labute approximate surface area is 224 Å². The van der Waals surface area contributed by atoms with Crippen molar-refractivity contribution in [1.29, 1.82) is 5.26 Å². The van der Waals surface area contributed by atoms with Crippen LogP contribution >= 0.6 is 0 Å². The summed E-state index contributed by atoms with van der Waals surface area (Å²) in [6, 6.07) is 13.0. The van der Waals surface area contributed by atoms with E-state index in [-0.39, 0.29) is 36.9 Å². The normalized spacial score (nSPS) is 15.5. The van der Waals surface area contributed by atoms with E-state index in [1.54, 1.807) is 23.6 Å². The molecule has 2 aromatic carbocycles. The smallest absolute Gasteiger partial charge is 0.333 e. The molecular formula is C28H31N7O4. The Bertz CT molecular complexity index is 1730. The molecule has 1 aliphatic heterocycles. The van der Waals surface area contributed by atoms with Crippen molar-refractivity contribution in [2.75, 3.05) is 24.6 Å². The van der Waals surface area contributed by atoms with E-state index in [9.17, 15) is 19.6 Å². The van der Waals surface area contributed by atoms with Gasteiger partial charge in [-0.25, -0.2) is 4.79 Å². The fourth-order valence-corrected chi connectivity index (χ4v) is 5.40. The average molecular weight is 530 g/mol. The first-order chi connectivity index (χ1) is 18.9. The largest absolute Gasteiger partial charge is 0.465 e. The van der Waals surface area contributed by atoms with Crippen molar-refractivity contribution in [2.45, 2.75) is 52.4 Å². The molecule has 0 spiro atoms. The molecule has 11 nitrogen and oxygen atoms in total. The fraction of sp³-hybridized carbons (Fsp3) is 0.393. The van der Waals surface area contributed by atoms with Crippen LogP contribution in [-0.4, -0.2) is 50.4 Å². The second-order valence-electron chi connectivity index (χ2n) is 9.67. The molecule has 0 saturated carbocycles. The van der Waals surface area contributed by atoms with Crippen LogP contribution < -0.4 is 21.9 Å². The number of aryl methyl sites for hydroxylation is 1. The van der Waals surface area contributed by atoms with Crippen molar-refractivity contribution in [3.05, 3.63) is 68.4 Å². The molecule has 1 saturated heterocycles. The summed E-state index contributed by atoms with van der Waals surface area (Å²) < 4.78 is 9.29. The number of benzene rings is 2. The van der Waals surface area contributed by atoms with Crippen molar-refractivity contribution < 1.29 is 9.53 Å². The van der Waals surface area contributed by atoms with E-state index in [0.29, 0.717) is 30.2 Å². The minimum Gasteiger partial charge on any atom is -0.465 e. The third kappa shape index (κ3) is 4.68. The number of anilines is 1. The SMILES string of the molecule is CCOC(=O)Cn1c(=O)n(Cc2ccc(C#N)c3ccccc23)c(=O)c2c1nc(N1CCCC(N)C1)n2CC. The van der Waals surface area contributed by atoms with E-state index >= 15 is 0 Å². The Balaban J connectivity index is 1.74. The van der Waals surface area contributed by atoms with Crippen LogP contribution in [0.5, 0.6) is 0 Å². The highest BCUT2D eigenvalue weighted by atomic mass is 16.5. The Morgan fingerprint density at radius 2 is 1.90 bits per heavy atom. The highest BCUT2D eigenvalue weighted by Crippen LogP contribution is 2.25. The van der Waals surface area contributed by atoms with Gasteiger partial charge in [-0.15, -0.1) is 0 Å². The molecule has 2 aromatic heterocycles. The number of piperidine rings is 1. The van der Waals surface area contributed by atoms with Gasteiger partial charge in [0.15, 0.2) is 11.2 Å². The zero-order valence-corrected chi connectivity index (χ0v) is 22.1. The molecule has 0 radical (unpaired) electrons. The van der Waals surface area contributed by atoms with Gasteiger partial charge in [-0.3, -0.25) is 18.7 Å². The number of imidazole rings is 1. The predicted molar refractivity (Wildman–Crippen MR) is 148 cm³/mol. The zero-order chi connectivity index (χ0) is 27.7. The number of hydrogen-bond acceptors (Lipinski definition) is 8. The molecule has 2 N–H and O–H groups in total. The van der Waals surface area contributed by atoms with Crippen molar-refractivity contribution in [3.63, 3.8) is 0 Å². The Morgan fingerprint density at radius 1 is 1.13 bits per heavy atom. The van der Waals surface area contributed by atoms with Crippen molar-refractivity contribution in [2.24, 2.45) is 5.73 Å². The molecule has 0 amide bonds. The number of hydrogen-bond donors (Lipinski definition) is 1. The lowest BCUT2D eigenvalue weighted by molar-refractivity contribution is -0.143. The first kappa shape index (κ1) is 26.2. The van der Waals surface area contributed by atoms with Crippen LogP contribution in [0.3, 0.4) is 0 Å². The number of aromatic nitrogens is 4. The number of nitrogens with two attached hydrogens (primary N) is 1. The number of ether oxygens (including phenoxy) is 1. The van der Waals surface area contributed by atoms with E-state index < -0.39 is 17.2 Å². The van der Waals surface area contributed by atoms with Gasteiger partial charge in [0.05, 0.1) is 24.8 Å². The molecule has 0 bridgehead atoms. The van der Waals surface area contributed by atoms with Crippen LogP contribution in [0, 0.1) is 11.3 Å². The first-order valence-corrected chi connectivity index (χ1v) is 13.2.